The second kappa shape index (κ2) is 8.74. The molecule has 0 bridgehead atoms. The number of nitrogens with one attached hydrogen (secondary N) is 2. The zero-order valence-corrected chi connectivity index (χ0v) is 16.3. The van der Waals surface area contributed by atoms with E-state index in [9.17, 15) is 14.4 Å². The van der Waals surface area contributed by atoms with Crippen LogP contribution in [0.1, 0.15) is 55.3 Å². The summed E-state index contributed by atoms with van der Waals surface area (Å²) >= 11 is 6.34. The number of benzene rings is 1. The minimum absolute atomic E-state index is 0.0213. The van der Waals surface area contributed by atoms with E-state index < -0.39 is 0 Å². The molecule has 1 aromatic carbocycles. The van der Waals surface area contributed by atoms with Gasteiger partial charge < -0.3 is 15.5 Å². The summed E-state index contributed by atoms with van der Waals surface area (Å²) in [7, 11) is 1.84. The molecule has 146 valence electrons. The lowest BCUT2D eigenvalue weighted by Crippen LogP contribution is -2.40. The number of hydrogen-bond acceptors (Lipinski definition) is 3. The van der Waals surface area contributed by atoms with E-state index in [4.69, 9.17) is 11.6 Å². The van der Waals surface area contributed by atoms with Crippen LogP contribution in [0.15, 0.2) is 18.2 Å². The van der Waals surface area contributed by atoms with Crippen LogP contribution in [0, 0.1) is 5.92 Å². The first-order chi connectivity index (χ1) is 13.0. The quantitative estimate of drug-likeness (QED) is 0.827. The van der Waals surface area contributed by atoms with E-state index in [-0.39, 0.29) is 29.7 Å². The molecule has 1 aromatic rings. The van der Waals surface area contributed by atoms with Crippen molar-refractivity contribution in [2.24, 2.45) is 5.92 Å². The molecule has 3 rings (SSSR count). The number of carbonyl (C=O) groups is 3. The van der Waals surface area contributed by atoms with Crippen LogP contribution in [0.25, 0.3) is 0 Å². The van der Waals surface area contributed by atoms with Crippen LogP contribution in [0.3, 0.4) is 0 Å². The predicted molar refractivity (Wildman–Crippen MR) is 105 cm³/mol. The van der Waals surface area contributed by atoms with Gasteiger partial charge in [0.05, 0.1) is 16.5 Å². The van der Waals surface area contributed by atoms with Crippen LogP contribution >= 0.6 is 11.6 Å². The van der Waals surface area contributed by atoms with Crippen LogP contribution in [0.5, 0.6) is 0 Å². The lowest BCUT2D eigenvalue weighted by atomic mass is 9.94. The largest absolute Gasteiger partial charge is 0.355 e. The van der Waals surface area contributed by atoms with E-state index in [0.717, 1.165) is 25.7 Å². The van der Waals surface area contributed by atoms with Crippen molar-refractivity contribution in [1.82, 2.24) is 10.2 Å². The monoisotopic (exact) mass is 391 g/mol. The average molecular weight is 392 g/mol. The van der Waals surface area contributed by atoms with Crippen LogP contribution in [-0.2, 0) is 9.59 Å². The van der Waals surface area contributed by atoms with Gasteiger partial charge in [0.15, 0.2) is 0 Å². The van der Waals surface area contributed by atoms with Gasteiger partial charge in [-0.3, -0.25) is 14.4 Å². The Morgan fingerprint density at radius 2 is 1.93 bits per heavy atom. The molecule has 6 nitrogen and oxygen atoms in total. The highest BCUT2D eigenvalue weighted by molar-refractivity contribution is 6.34. The van der Waals surface area contributed by atoms with E-state index in [2.05, 4.69) is 10.6 Å². The molecule has 0 spiro atoms. The highest BCUT2D eigenvalue weighted by atomic mass is 35.5. The highest BCUT2D eigenvalue weighted by Crippen LogP contribution is 2.27. The molecule has 2 fully saturated rings. The van der Waals surface area contributed by atoms with E-state index in [0.29, 0.717) is 35.7 Å². The molecule has 1 saturated carbocycles. The molecular weight excluding hydrogens is 366 g/mol. The third-order valence-electron chi connectivity index (χ3n) is 5.55. The maximum atomic E-state index is 12.8. The maximum Gasteiger partial charge on any atom is 0.255 e. The number of amides is 3. The Hall–Kier alpha value is -2.08. The Morgan fingerprint density at radius 1 is 1.19 bits per heavy atom. The summed E-state index contributed by atoms with van der Waals surface area (Å²) in [6.45, 7) is 0.348. The Balaban J connectivity index is 1.63. The molecule has 0 radical (unpaired) electrons. The van der Waals surface area contributed by atoms with Crippen molar-refractivity contribution >= 4 is 35.0 Å². The summed E-state index contributed by atoms with van der Waals surface area (Å²) in [6, 6.07) is 5.25. The summed E-state index contributed by atoms with van der Waals surface area (Å²) in [5.74, 6) is -0.503. The predicted octanol–water partition coefficient (Wildman–Crippen LogP) is 3.21. The second-order valence-electron chi connectivity index (χ2n) is 7.43. The summed E-state index contributed by atoms with van der Waals surface area (Å²) in [5.41, 5.74) is 1.01. The molecule has 3 amide bonds. The molecule has 1 heterocycles. The summed E-state index contributed by atoms with van der Waals surface area (Å²) < 4.78 is 0. The van der Waals surface area contributed by atoms with Gasteiger partial charge in [-0.25, -0.2) is 0 Å². The highest BCUT2D eigenvalue weighted by Gasteiger charge is 2.26. The SMILES string of the molecule is CN(C(=O)c1ccc(NC(=O)[C@@H]2CCC(=O)NC2)cc1Cl)C1CCCCC1. The van der Waals surface area contributed by atoms with Crippen molar-refractivity contribution in [2.45, 2.75) is 51.0 Å². The topological polar surface area (TPSA) is 78.5 Å². The molecule has 2 N–H and O–H groups in total. The number of anilines is 1. The van der Waals surface area contributed by atoms with Crippen LogP contribution in [0.4, 0.5) is 5.69 Å². The number of halogens is 1. The minimum Gasteiger partial charge on any atom is -0.355 e. The Morgan fingerprint density at radius 3 is 2.56 bits per heavy atom. The van der Waals surface area contributed by atoms with Gasteiger partial charge in [0.25, 0.3) is 5.91 Å². The van der Waals surface area contributed by atoms with Gasteiger partial charge >= 0.3 is 0 Å². The van der Waals surface area contributed by atoms with Crippen LogP contribution < -0.4 is 10.6 Å². The van der Waals surface area contributed by atoms with Gasteiger partial charge in [0.1, 0.15) is 0 Å². The molecular formula is C20H26ClN3O3. The van der Waals surface area contributed by atoms with E-state index in [1.807, 2.05) is 7.05 Å². The zero-order valence-electron chi connectivity index (χ0n) is 15.6. The summed E-state index contributed by atoms with van der Waals surface area (Å²) in [6.07, 6.45) is 6.51. The lowest BCUT2D eigenvalue weighted by molar-refractivity contribution is -0.126. The number of nitrogens with zero attached hydrogens (tertiary/aromatic N) is 1. The van der Waals surface area contributed by atoms with Crippen LogP contribution in [0.2, 0.25) is 5.02 Å². The number of hydrogen-bond donors (Lipinski definition) is 2. The Labute approximate surface area is 164 Å². The molecule has 7 heteroatoms. The first-order valence-corrected chi connectivity index (χ1v) is 9.98. The van der Waals surface area contributed by atoms with Crippen molar-refractivity contribution in [3.8, 4) is 0 Å². The first-order valence-electron chi connectivity index (χ1n) is 9.60. The first kappa shape index (κ1) is 19.7. The van der Waals surface area contributed by atoms with Crippen molar-refractivity contribution in [1.29, 1.82) is 0 Å². The van der Waals surface area contributed by atoms with Gasteiger partial charge in [-0.05, 0) is 37.5 Å². The molecule has 27 heavy (non-hydrogen) atoms. The zero-order chi connectivity index (χ0) is 19.4. The van der Waals surface area contributed by atoms with Gasteiger partial charge in [-0.2, -0.15) is 0 Å². The normalized spacial score (nSPS) is 20.7. The molecule has 1 aliphatic heterocycles. The number of piperidine rings is 1. The fraction of sp³-hybridized carbons (Fsp3) is 0.550. The summed E-state index contributed by atoms with van der Waals surface area (Å²) in [4.78, 5) is 38.1. The second-order valence-corrected chi connectivity index (χ2v) is 7.84. The molecule has 1 aliphatic carbocycles. The standard InChI is InChI=1S/C20H26ClN3O3/c1-24(15-5-3-2-4-6-15)20(27)16-9-8-14(11-17(16)21)23-19(26)13-7-10-18(25)22-12-13/h8-9,11,13,15H,2-7,10,12H2,1H3,(H,22,25)(H,23,26)/t13-/m1/s1. The van der Waals surface area contributed by atoms with Crippen molar-refractivity contribution in [2.75, 3.05) is 18.9 Å². The van der Waals surface area contributed by atoms with E-state index in [1.54, 1.807) is 23.1 Å². The third kappa shape index (κ3) is 4.80. The fourth-order valence-corrected chi connectivity index (χ4v) is 4.05. The van der Waals surface area contributed by atoms with Gasteiger partial charge in [0, 0.05) is 31.7 Å². The fourth-order valence-electron chi connectivity index (χ4n) is 3.79. The van der Waals surface area contributed by atoms with Gasteiger partial charge in [-0.1, -0.05) is 30.9 Å². The van der Waals surface area contributed by atoms with Crippen molar-refractivity contribution < 1.29 is 14.4 Å². The molecule has 1 atom stereocenters. The summed E-state index contributed by atoms with van der Waals surface area (Å²) in [5, 5.41) is 5.86. The maximum absolute atomic E-state index is 12.8. The van der Waals surface area contributed by atoms with Crippen LogP contribution in [-0.4, -0.2) is 42.3 Å². The van der Waals surface area contributed by atoms with Crippen molar-refractivity contribution in [3.05, 3.63) is 28.8 Å². The number of carbonyl (C=O) groups excluding carboxylic acids is 3. The van der Waals surface area contributed by atoms with E-state index >= 15 is 0 Å². The van der Waals surface area contributed by atoms with Crippen molar-refractivity contribution in [3.63, 3.8) is 0 Å². The molecule has 1 saturated heterocycles. The molecule has 2 aliphatic rings. The third-order valence-corrected chi connectivity index (χ3v) is 5.86. The average Bonchev–Trinajstić information content (AvgIpc) is 2.68. The Kier molecular flexibility index (Phi) is 6.37. The molecule has 0 unspecified atom stereocenters. The van der Waals surface area contributed by atoms with Gasteiger partial charge in [0.2, 0.25) is 11.8 Å². The minimum atomic E-state index is -0.250. The number of rotatable bonds is 4. The Bertz CT molecular complexity index is 721. The smallest absolute Gasteiger partial charge is 0.255 e. The van der Waals surface area contributed by atoms with Gasteiger partial charge in [-0.15, -0.1) is 0 Å². The molecule has 0 aromatic heterocycles. The lowest BCUT2D eigenvalue weighted by Gasteiger charge is -2.31. The van der Waals surface area contributed by atoms with E-state index in [1.165, 1.54) is 6.42 Å².